The number of anilines is 1. The molecule has 0 atom stereocenters. The zero-order valence-electron chi connectivity index (χ0n) is 12.9. The summed E-state index contributed by atoms with van der Waals surface area (Å²) >= 11 is 0. The molecule has 2 heterocycles. The summed E-state index contributed by atoms with van der Waals surface area (Å²) in [5, 5.41) is 8.85. The molecule has 0 radical (unpaired) electrons. The molecular weight excluding hydrogens is 280 g/mol. The molecule has 2 fully saturated rings. The minimum absolute atomic E-state index is 0.000292. The molecule has 6 heteroatoms. The van der Waals surface area contributed by atoms with E-state index in [4.69, 9.17) is 5.11 Å². The van der Waals surface area contributed by atoms with E-state index < -0.39 is 5.97 Å². The highest BCUT2D eigenvalue weighted by atomic mass is 16.4. The molecule has 0 spiro atoms. The molecule has 1 saturated heterocycles. The molecule has 1 aromatic rings. The van der Waals surface area contributed by atoms with E-state index in [1.54, 1.807) is 6.20 Å². The van der Waals surface area contributed by atoms with Gasteiger partial charge >= 0.3 is 5.97 Å². The van der Waals surface area contributed by atoms with Gasteiger partial charge in [-0.2, -0.15) is 0 Å². The average molecular weight is 304 g/mol. The Morgan fingerprint density at radius 2 is 1.82 bits per heavy atom. The van der Waals surface area contributed by atoms with Crippen LogP contribution in [0.15, 0.2) is 12.4 Å². The summed E-state index contributed by atoms with van der Waals surface area (Å²) < 4.78 is 0. The smallest absolute Gasteiger partial charge is 0.356 e. The molecule has 1 aromatic heterocycles. The number of nitrogens with zero attached hydrogens (tertiary/aromatic N) is 4. The number of carbonyl (C=O) groups is 1. The maximum atomic E-state index is 10.8. The molecule has 0 amide bonds. The number of hydrogen-bond acceptors (Lipinski definition) is 5. The molecule has 1 saturated carbocycles. The zero-order valence-corrected chi connectivity index (χ0v) is 12.9. The van der Waals surface area contributed by atoms with Crippen molar-refractivity contribution in [2.24, 2.45) is 5.92 Å². The lowest BCUT2D eigenvalue weighted by Crippen LogP contribution is -2.48. The summed E-state index contributed by atoms with van der Waals surface area (Å²) in [5.41, 5.74) is -0.000292. The molecule has 2 aliphatic rings. The zero-order chi connectivity index (χ0) is 15.4. The van der Waals surface area contributed by atoms with Gasteiger partial charge in [-0.25, -0.2) is 14.8 Å². The van der Waals surface area contributed by atoms with Crippen LogP contribution in [0.3, 0.4) is 0 Å². The first-order valence-electron chi connectivity index (χ1n) is 8.25. The second kappa shape index (κ2) is 7.05. The Morgan fingerprint density at radius 3 is 2.41 bits per heavy atom. The fourth-order valence-corrected chi connectivity index (χ4v) is 3.49. The van der Waals surface area contributed by atoms with Crippen molar-refractivity contribution in [1.82, 2.24) is 14.9 Å². The summed E-state index contributed by atoms with van der Waals surface area (Å²) in [6.45, 7) is 5.22. The normalized spacial score (nSPS) is 21.0. The second-order valence-corrected chi connectivity index (χ2v) is 6.36. The third-order valence-electron chi connectivity index (χ3n) is 4.79. The van der Waals surface area contributed by atoms with Crippen LogP contribution in [0.4, 0.5) is 5.82 Å². The molecular formula is C16H24N4O2. The molecule has 0 unspecified atom stereocenters. The highest BCUT2D eigenvalue weighted by Gasteiger charge is 2.22. The van der Waals surface area contributed by atoms with E-state index in [-0.39, 0.29) is 5.69 Å². The van der Waals surface area contributed by atoms with Crippen molar-refractivity contribution in [2.75, 3.05) is 37.6 Å². The fraction of sp³-hybridized carbons (Fsp3) is 0.688. The summed E-state index contributed by atoms with van der Waals surface area (Å²) in [4.78, 5) is 23.7. The van der Waals surface area contributed by atoms with Crippen LogP contribution in [0.2, 0.25) is 0 Å². The van der Waals surface area contributed by atoms with E-state index in [9.17, 15) is 4.79 Å². The number of carboxylic acids is 1. The fourth-order valence-electron chi connectivity index (χ4n) is 3.49. The van der Waals surface area contributed by atoms with E-state index in [2.05, 4.69) is 19.8 Å². The van der Waals surface area contributed by atoms with Crippen LogP contribution in [-0.2, 0) is 0 Å². The van der Waals surface area contributed by atoms with Crippen molar-refractivity contribution in [3.8, 4) is 0 Å². The van der Waals surface area contributed by atoms with Gasteiger partial charge in [-0.05, 0) is 18.8 Å². The van der Waals surface area contributed by atoms with Crippen molar-refractivity contribution in [2.45, 2.75) is 32.1 Å². The summed E-state index contributed by atoms with van der Waals surface area (Å²) in [6.07, 6.45) is 9.90. The van der Waals surface area contributed by atoms with Gasteiger partial charge in [0.25, 0.3) is 0 Å². The number of hydrogen-bond donors (Lipinski definition) is 1. The topological polar surface area (TPSA) is 69.6 Å². The van der Waals surface area contributed by atoms with Gasteiger partial charge in [-0.3, -0.25) is 4.90 Å². The Balaban J connectivity index is 1.49. The van der Waals surface area contributed by atoms with Crippen LogP contribution >= 0.6 is 0 Å². The van der Waals surface area contributed by atoms with Crippen LogP contribution in [0.25, 0.3) is 0 Å². The Kier molecular flexibility index (Phi) is 4.87. The van der Waals surface area contributed by atoms with Crippen LogP contribution in [0, 0.1) is 5.92 Å². The number of rotatable bonds is 4. The molecule has 0 aromatic carbocycles. The van der Waals surface area contributed by atoms with Crippen molar-refractivity contribution in [1.29, 1.82) is 0 Å². The maximum absolute atomic E-state index is 10.8. The predicted molar refractivity (Wildman–Crippen MR) is 84.2 cm³/mol. The average Bonchev–Trinajstić information content (AvgIpc) is 2.57. The minimum atomic E-state index is -1.03. The van der Waals surface area contributed by atoms with Gasteiger partial charge in [0.1, 0.15) is 5.82 Å². The third kappa shape index (κ3) is 3.74. The molecule has 1 N–H and O–H groups in total. The lowest BCUT2D eigenvalue weighted by molar-refractivity contribution is 0.0690. The van der Waals surface area contributed by atoms with E-state index in [0.717, 1.165) is 37.9 Å². The van der Waals surface area contributed by atoms with E-state index in [0.29, 0.717) is 0 Å². The quantitative estimate of drug-likeness (QED) is 0.916. The largest absolute Gasteiger partial charge is 0.476 e. The maximum Gasteiger partial charge on any atom is 0.356 e. The Morgan fingerprint density at radius 1 is 1.09 bits per heavy atom. The van der Waals surface area contributed by atoms with Crippen LogP contribution in [0.1, 0.15) is 42.6 Å². The van der Waals surface area contributed by atoms with E-state index in [1.807, 2.05) is 0 Å². The molecule has 3 rings (SSSR count). The number of carboxylic acid groups (broad SMARTS) is 1. The lowest BCUT2D eigenvalue weighted by Gasteiger charge is -2.37. The van der Waals surface area contributed by atoms with Gasteiger partial charge in [-0.15, -0.1) is 0 Å². The molecule has 120 valence electrons. The summed E-state index contributed by atoms with van der Waals surface area (Å²) in [5.74, 6) is 0.633. The van der Waals surface area contributed by atoms with E-state index >= 15 is 0 Å². The molecule has 0 bridgehead atoms. The molecule has 6 nitrogen and oxygen atoms in total. The summed E-state index contributed by atoms with van der Waals surface area (Å²) in [7, 11) is 0. The first-order valence-corrected chi connectivity index (χ1v) is 8.25. The SMILES string of the molecule is O=C(O)c1cnc(N2CCN(CC3CCCCC3)CC2)cn1. The van der Waals surface area contributed by atoms with Gasteiger partial charge in [0.05, 0.1) is 12.4 Å². The van der Waals surface area contributed by atoms with Gasteiger partial charge < -0.3 is 10.0 Å². The van der Waals surface area contributed by atoms with Gasteiger partial charge in [-0.1, -0.05) is 19.3 Å². The first-order chi connectivity index (χ1) is 10.7. The van der Waals surface area contributed by atoms with Gasteiger partial charge in [0.15, 0.2) is 5.69 Å². The number of aromatic nitrogens is 2. The molecule has 1 aliphatic heterocycles. The minimum Gasteiger partial charge on any atom is -0.476 e. The molecule has 22 heavy (non-hydrogen) atoms. The highest BCUT2D eigenvalue weighted by molar-refractivity contribution is 5.84. The van der Waals surface area contributed by atoms with Crippen molar-refractivity contribution < 1.29 is 9.90 Å². The van der Waals surface area contributed by atoms with Gasteiger partial charge in [0.2, 0.25) is 0 Å². The lowest BCUT2D eigenvalue weighted by atomic mass is 9.89. The second-order valence-electron chi connectivity index (χ2n) is 6.36. The Hall–Kier alpha value is -1.69. The Bertz CT molecular complexity index is 491. The standard InChI is InChI=1S/C16H24N4O2/c21-16(22)14-10-18-15(11-17-14)20-8-6-19(7-9-20)12-13-4-2-1-3-5-13/h10-11,13H,1-9,12H2,(H,21,22). The van der Waals surface area contributed by atoms with Gasteiger partial charge in [0, 0.05) is 32.7 Å². The van der Waals surface area contributed by atoms with Crippen LogP contribution in [0.5, 0.6) is 0 Å². The van der Waals surface area contributed by atoms with Crippen molar-refractivity contribution in [3.05, 3.63) is 18.1 Å². The summed E-state index contributed by atoms with van der Waals surface area (Å²) in [6, 6.07) is 0. The molecule has 1 aliphatic carbocycles. The first kappa shape index (κ1) is 15.2. The van der Waals surface area contributed by atoms with Crippen molar-refractivity contribution >= 4 is 11.8 Å². The van der Waals surface area contributed by atoms with E-state index in [1.165, 1.54) is 44.8 Å². The number of aromatic carboxylic acids is 1. The number of piperazine rings is 1. The monoisotopic (exact) mass is 304 g/mol. The van der Waals surface area contributed by atoms with Crippen molar-refractivity contribution in [3.63, 3.8) is 0 Å². The van der Waals surface area contributed by atoms with Crippen LogP contribution < -0.4 is 4.90 Å². The van der Waals surface area contributed by atoms with Crippen LogP contribution in [-0.4, -0.2) is 58.7 Å². The predicted octanol–water partition coefficient (Wildman–Crippen LogP) is 1.88. The third-order valence-corrected chi connectivity index (χ3v) is 4.79. The Labute approximate surface area is 131 Å². The highest BCUT2D eigenvalue weighted by Crippen LogP contribution is 2.25.